The van der Waals surface area contributed by atoms with Crippen LogP contribution in [0.1, 0.15) is 5.56 Å². The predicted octanol–water partition coefficient (Wildman–Crippen LogP) is 4.53. The monoisotopic (exact) mass is 468 g/mol. The fourth-order valence-corrected chi connectivity index (χ4v) is 3.38. The van der Waals surface area contributed by atoms with Gasteiger partial charge in [0.2, 0.25) is 12.7 Å². The maximum Gasteiger partial charge on any atom is 0.401 e. The second-order valence-electron chi connectivity index (χ2n) is 6.87. The molecule has 9 nitrogen and oxygen atoms in total. The Morgan fingerprint density at radius 2 is 1.94 bits per heavy atom. The summed E-state index contributed by atoms with van der Waals surface area (Å²) in [4.78, 5) is 11.4. The largest absolute Gasteiger partial charge is 0.454 e. The molecule has 3 aromatic rings. The van der Waals surface area contributed by atoms with Gasteiger partial charge in [-0.1, -0.05) is 18.2 Å². The quantitative estimate of drug-likeness (QED) is 0.284. The molecule has 2 heterocycles. The van der Waals surface area contributed by atoms with Gasteiger partial charge in [-0.25, -0.2) is 4.68 Å². The van der Waals surface area contributed by atoms with E-state index in [0.717, 1.165) is 9.58 Å². The molecule has 0 fully saturated rings. The zero-order chi connectivity index (χ0) is 22.9. The van der Waals surface area contributed by atoms with E-state index >= 15 is 0 Å². The Hall–Kier alpha value is -3.45. The topological polar surface area (TPSA) is 95.8 Å². The molecule has 1 aliphatic heterocycles. The van der Waals surface area contributed by atoms with E-state index in [1.165, 1.54) is 24.3 Å². The molecular weight excluding hydrogens is 453 g/mol. The Bertz CT molecular complexity index is 1210. The van der Waals surface area contributed by atoms with Crippen molar-refractivity contribution in [2.45, 2.75) is 19.4 Å². The third-order valence-corrected chi connectivity index (χ3v) is 4.84. The number of para-hydroxylation sites is 1. The lowest BCUT2D eigenvalue weighted by molar-refractivity contribution is -0.385. The number of alkyl halides is 3. The van der Waals surface area contributed by atoms with Crippen LogP contribution in [0.25, 0.3) is 11.5 Å². The third-order valence-electron chi connectivity index (χ3n) is 4.54. The third kappa shape index (κ3) is 4.89. The average molecular weight is 468 g/mol. The van der Waals surface area contributed by atoms with Gasteiger partial charge in [0.05, 0.1) is 18.1 Å². The van der Waals surface area contributed by atoms with Crippen LogP contribution < -0.4 is 9.47 Å². The highest BCUT2D eigenvalue weighted by Crippen LogP contribution is 2.35. The van der Waals surface area contributed by atoms with Gasteiger partial charge in [-0.15, -0.1) is 5.10 Å². The second-order valence-corrected chi connectivity index (χ2v) is 7.22. The van der Waals surface area contributed by atoms with E-state index in [2.05, 4.69) is 5.10 Å². The van der Waals surface area contributed by atoms with Crippen molar-refractivity contribution >= 4 is 17.9 Å². The highest BCUT2D eigenvalue weighted by Gasteiger charge is 2.32. The molecule has 0 N–H and O–H groups in total. The first-order valence-electron chi connectivity index (χ1n) is 9.19. The van der Waals surface area contributed by atoms with E-state index in [0.29, 0.717) is 17.1 Å². The predicted molar refractivity (Wildman–Crippen MR) is 106 cm³/mol. The van der Waals surface area contributed by atoms with Crippen molar-refractivity contribution in [1.29, 1.82) is 0 Å². The Morgan fingerprint density at radius 3 is 2.69 bits per heavy atom. The number of fused-ring (bicyclic) bond motifs is 1. The van der Waals surface area contributed by atoms with Gasteiger partial charge >= 0.3 is 6.18 Å². The van der Waals surface area contributed by atoms with Crippen molar-refractivity contribution in [3.63, 3.8) is 0 Å². The molecule has 0 spiro atoms. The second kappa shape index (κ2) is 8.59. The Balaban J connectivity index is 1.60. The summed E-state index contributed by atoms with van der Waals surface area (Å²) in [6.45, 7) is -1.98. The van der Waals surface area contributed by atoms with E-state index in [9.17, 15) is 23.3 Å². The number of ether oxygens (including phenoxy) is 2. The van der Waals surface area contributed by atoms with Crippen LogP contribution in [0.15, 0.2) is 46.9 Å². The molecule has 168 valence electrons. The highest BCUT2D eigenvalue weighted by atomic mass is 32.1. The summed E-state index contributed by atoms with van der Waals surface area (Å²) in [6.07, 6.45) is -4.55. The molecule has 13 heteroatoms. The van der Waals surface area contributed by atoms with Gasteiger partial charge in [-0.3, -0.25) is 15.0 Å². The van der Waals surface area contributed by atoms with Crippen LogP contribution in [0.3, 0.4) is 0 Å². The summed E-state index contributed by atoms with van der Waals surface area (Å²) in [5.74, 6) is 1.12. The lowest BCUT2D eigenvalue weighted by atomic mass is 10.1. The average Bonchev–Trinajstić information content (AvgIpc) is 3.33. The van der Waals surface area contributed by atoms with Crippen LogP contribution in [-0.2, 0) is 13.2 Å². The van der Waals surface area contributed by atoms with Crippen LogP contribution in [-0.4, -0.2) is 39.1 Å². The van der Waals surface area contributed by atoms with Crippen LogP contribution in [0.2, 0.25) is 0 Å². The summed E-state index contributed by atoms with van der Waals surface area (Å²) in [5, 5.41) is 15.4. The van der Waals surface area contributed by atoms with E-state index in [1.54, 1.807) is 18.2 Å². The van der Waals surface area contributed by atoms with Gasteiger partial charge in [0.1, 0.15) is 0 Å². The minimum atomic E-state index is -4.55. The molecule has 2 aromatic carbocycles. The molecule has 1 aliphatic rings. The number of nitro groups is 1. The maximum absolute atomic E-state index is 13.2. The summed E-state index contributed by atoms with van der Waals surface area (Å²) in [7, 11) is 0. The van der Waals surface area contributed by atoms with Gasteiger partial charge in [0, 0.05) is 23.7 Å². The number of aromatic nitrogens is 2. The zero-order valence-electron chi connectivity index (χ0n) is 16.2. The summed E-state index contributed by atoms with van der Waals surface area (Å²) in [5.41, 5.74) is 0.359. The van der Waals surface area contributed by atoms with E-state index in [1.807, 2.05) is 0 Å². The van der Waals surface area contributed by atoms with E-state index in [4.69, 9.17) is 26.1 Å². The fourth-order valence-electron chi connectivity index (χ4n) is 3.20. The van der Waals surface area contributed by atoms with Gasteiger partial charge in [-0.2, -0.15) is 13.2 Å². The number of benzene rings is 2. The van der Waals surface area contributed by atoms with Crippen LogP contribution >= 0.6 is 12.2 Å². The smallest absolute Gasteiger partial charge is 0.401 e. The molecule has 32 heavy (non-hydrogen) atoms. The van der Waals surface area contributed by atoms with Crippen molar-refractivity contribution in [3.05, 3.63) is 63.0 Å². The first-order valence-corrected chi connectivity index (χ1v) is 9.60. The van der Waals surface area contributed by atoms with Gasteiger partial charge in [0.25, 0.3) is 10.5 Å². The minimum Gasteiger partial charge on any atom is -0.454 e. The molecule has 1 aromatic heterocycles. The molecule has 4 rings (SSSR count). The Labute approximate surface area is 183 Å². The van der Waals surface area contributed by atoms with Crippen LogP contribution in [0.4, 0.5) is 18.9 Å². The Morgan fingerprint density at radius 1 is 1.19 bits per heavy atom. The first-order chi connectivity index (χ1) is 15.2. The van der Waals surface area contributed by atoms with E-state index < -0.39 is 24.3 Å². The fraction of sp³-hybridized carbons (Fsp3) is 0.263. The van der Waals surface area contributed by atoms with Crippen molar-refractivity contribution in [1.82, 2.24) is 14.7 Å². The minimum absolute atomic E-state index is 0.0781. The van der Waals surface area contributed by atoms with Gasteiger partial charge < -0.3 is 13.9 Å². The number of nitrogens with zero attached hydrogens (tertiary/aromatic N) is 4. The maximum atomic E-state index is 13.2. The number of halogens is 3. The lowest BCUT2D eigenvalue weighted by Gasteiger charge is -2.23. The van der Waals surface area contributed by atoms with Gasteiger partial charge in [-0.05, 0) is 30.4 Å². The molecule has 0 aliphatic carbocycles. The zero-order valence-corrected chi connectivity index (χ0v) is 17.1. The van der Waals surface area contributed by atoms with E-state index in [-0.39, 0.29) is 35.3 Å². The lowest BCUT2D eigenvalue weighted by Crippen LogP contribution is -2.35. The van der Waals surface area contributed by atoms with Crippen molar-refractivity contribution in [2.75, 3.05) is 13.3 Å². The molecule has 0 bridgehead atoms. The number of hydrogen-bond donors (Lipinski definition) is 0. The molecule has 0 unspecified atom stereocenters. The first kappa shape index (κ1) is 21.8. The standard InChI is InChI=1S/C19H15F3N4O5S/c20-19(21,22)9-24(8-13-3-1-2-4-14(13)26(27)28)10-25-18(32)31-17(23-25)12-5-6-15-16(7-12)30-11-29-15/h1-7H,8-11H2. The van der Waals surface area contributed by atoms with Crippen LogP contribution in [0.5, 0.6) is 11.5 Å². The van der Waals surface area contributed by atoms with Crippen molar-refractivity contribution in [3.8, 4) is 23.0 Å². The number of nitro benzene ring substituents is 1. The summed E-state index contributed by atoms with van der Waals surface area (Å²) < 4.78 is 56.7. The Kier molecular flexibility index (Phi) is 5.84. The molecule has 0 amide bonds. The normalized spacial score (nSPS) is 13.0. The molecule has 0 saturated carbocycles. The summed E-state index contributed by atoms with van der Waals surface area (Å²) >= 11 is 5.13. The van der Waals surface area contributed by atoms with Crippen molar-refractivity contribution < 1.29 is 32.0 Å². The summed E-state index contributed by atoms with van der Waals surface area (Å²) in [6, 6.07) is 10.5. The molecular formula is C19H15F3N4O5S. The van der Waals surface area contributed by atoms with Gasteiger partial charge in [0.15, 0.2) is 11.5 Å². The van der Waals surface area contributed by atoms with Crippen LogP contribution in [0, 0.1) is 15.0 Å². The molecule has 0 atom stereocenters. The van der Waals surface area contributed by atoms with Crippen molar-refractivity contribution in [2.24, 2.45) is 0 Å². The number of rotatable bonds is 7. The SMILES string of the molecule is O=[N+]([O-])c1ccccc1CN(Cn1nc(-c2ccc3c(c2)OCO3)oc1=S)CC(F)(F)F. The highest BCUT2D eigenvalue weighted by molar-refractivity contribution is 7.71. The number of hydrogen-bond acceptors (Lipinski definition) is 8. The molecule has 0 radical (unpaired) electrons. The molecule has 0 saturated heterocycles.